The van der Waals surface area contributed by atoms with E-state index >= 15 is 0 Å². The lowest BCUT2D eigenvalue weighted by atomic mass is 10.1. The fourth-order valence-corrected chi connectivity index (χ4v) is 2.03. The van der Waals surface area contributed by atoms with Crippen molar-refractivity contribution in [2.24, 2.45) is 0 Å². The predicted octanol–water partition coefficient (Wildman–Crippen LogP) is 1.83. The molecule has 0 saturated heterocycles. The molecule has 0 saturated carbocycles. The molecule has 5 heteroatoms. The van der Waals surface area contributed by atoms with E-state index in [-0.39, 0.29) is 6.61 Å². The van der Waals surface area contributed by atoms with Crippen molar-refractivity contribution >= 4 is 0 Å². The monoisotopic (exact) mass is 274 g/mol. The van der Waals surface area contributed by atoms with Gasteiger partial charge in [-0.05, 0) is 19.4 Å². The Bertz CT molecular complexity index is 510. The van der Waals surface area contributed by atoms with Gasteiger partial charge in [-0.15, -0.1) is 0 Å². The van der Waals surface area contributed by atoms with E-state index in [4.69, 9.17) is 5.11 Å². The number of nitrogens with one attached hydrogen (secondary N) is 1. The van der Waals surface area contributed by atoms with Crippen molar-refractivity contribution in [1.82, 2.24) is 20.3 Å². The minimum absolute atomic E-state index is 0.209. The van der Waals surface area contributed by atoms with Gasteiger partial charge in [0.1, 0.15) is 11.4 Å². The van der Waals surface area contributed by atoms with Gasteiger partial charge >= 0.3 is 0 Å². The molecule has 0 bridgehead atoms. The summed E-state index contributed by atoms with van der Waals surface area (Å²) in [5, 5.41) is 21.2. The number of aliphatic hydroxyl groups excluding tert-OH is 1. The van der Waals surface area contributed by atoms with Crippen molar-refractivity contribution in [3.63, 3.8) is 0 Å². The van der Waals surface area contributed by atoms with Crippen LogP contribution >= 0.6 is 0 Å². The van der Waals surface area contributed by atoms with Gasteiger partial charge in [0.05, 0.1) is 6.54 Å². The summed E-state index contributed by atoms with van der Waals surface area (Å²) < 4.78 is 0. The number of aliphatic hydroxyl groups is 1. The topological polar surface area (TPSA) is 63.0 Å². The first-order chi connectivity index (χ1) is 9.85. The molecular weight excluding hydrogens is 252 g/mol. The number of aryl methyl sites for hydroxylation is 1. The standard InChI is InChI=1S/C15H22N4O/c1-2-10-19-17-14(12-16-9-6-11-20)15(18-19)13-7-4-3-5-8-13/h3-5,7-8,16,20H,2,6,9-12H2,1H3. The third kappa shape index (κ3) is 3.88. The number of nitrogens with zero attached hydrogens (tertiary/aromatic N) is 3. The summed E-state index contributed by atoms with van der Waals surface area (Å²) in [6, 6.07) is 10.1. The molecule has 0 radical (unpaired) electrons. The molecule has 1 aromatic carbocycles. The summed E-state index contributed by atoms with van der Waals surface area (Å²) in [4.78, 5) is 1.77. The maximum absolute atomic E-state index is 8.80. The summed E-state index contributed by atoms with van der Waals surface area (Å²) >= 11 is 0. The average Bonchev–Trinajstić information content (AvgIpc) is 2.88. The zero-order chi connectivity index (χ0) is 14.2. The number of aromatic nitrogens is 3. The fourth-order valence-electron chi connectivity index (χ4n) is 2.03. The number of hydrogen-bond donors (Lipinski definition) is 2. The van der Waals surface area contributed by atoms with Gasteiger partial charge < -0.3 is 10.4 Å². The third-order valence-corrected chi connectivity index (χ3v) is 3.00. The highest BCUT2D eigenvalue weighted by Crippen LogP contribution is 2.19. The highest BCUT2D eigenvalue weighted by Gasteiger charge is 2.12. The minimum atomic E-state index is 0.209. The third-order valence-electron chi connectivity index (χ3n) is 3.00. The van der Waals surface area contributed by atoms with Crippen LogP contribution in [0.15, 0.2) is 30.3 Å². The molecular formula is C15H22N4O. The smallest absolute Gasteiger partial charge is 0.117 e. The van der Waals surface area contributed by atoms with Crippen LogP contribution in [0.25, 0.3) is 11.3 Å². The van der Waals surface area contributed by atoms with Crippen LogP contribution in [0.4, 0.5) is 0 Å². The van der Waals surface area contributed by atoms with Crippen LogP contribution in [-0.4, -0.2) is 33.3 Å². The molecule has 0 fully saturated rings. The van der Waals surface area contributed by atoms with Crippen LogP contribution in [0.5, 0.6) is 0 Å². The summed E-state index contributed by atoms with van der Waals surface area (Å²) in [6.07, 6.45) is 1.77. The predicted molar refractivity (Wildman–Crippen MR) is 79.2 cm³/mol. The lowest BCUT2D eigenvalue weighted by molar-refractivity contribution is 0.286. The molecule has 5 nitrogen and oxygen atoms in total. The highest BCUT2D eigenvalue weighted by molar-refractivity contribution is 5.60. The van der Waals surface area contributed by atoms with Gasteiger partial charge in [-0.25, -0.2) is 0 Å². The number of hydrogen-bond acceptors (Lipinski definition) is 4. The van der Waals surface area contributed by atoms with E-state index in [0.717, 1.165) is 42.9 Å². The van der Waals surface area contributed by atoms with Crippen molar-refractivity contribution in [3.8, 4) is 11.3 Å². The van der Waals surface area contributed by atoms with E-state index in [9.17, 15) is 0 Å². The maximum Gasteiger partial charge on any atom is 0.117 e. The Morgan fingerprint density at radius 3 is 2.70 bits per heavy atom. The quantitative estimate of drug-likeness (QED) is 0.721. The van der Waals surface area contributed by atoms with Gasteiger partial charge in [-0.3, -0.25) is 0 Å². The molecule has 1 heterocycles. The molecule has 0 atom stereocenters. The van der Waals surface area contributed by atoms with E-state index in [2.05, 4.69) is 34.6 Å². The Morgan fingerprint density at radius 2 is 2.00 bits per heavy atom. The summed E-state index contributed by atoms with van der Waals surface area (Å²) in [5.74, 6) is 0. The number of benzene rings is 1. The first kappa shape index (κ1) is 14.7. The van der Waals surface area contributed by atoms with Crippen molar-refractivity contribution in [2.45, 2.75) is 32.9 Å². The molecule has 2 aromatic rings. The largest absolute Gasteiger partial charge is 0.396 e. The van der Waals surface area contributed by atoms with Gasteiger partial charge in [-0.1, -0.05) is 37.3 Å². The molecule has 20 heavy (non-hydrogen) atoms. The SMILES string of the molecule is CCCn1nc(CNCCCO)c(-c2ccccc2)n1. The molecule has 2 rings (SSSR count). The van der Waals surface area contributed by atoms with Gasteiger partial charge in [-0.2, -0.15) is 15.0 Å². The Balaban J connectivity index is 2.15. The second-order valence-corrected chi connectivity index (χ2v) is 4.71. The fraction of sp³-hybridized carbons (Fsp3) is 0.467. The van der Waals surface area contributed by atoms with Gasteiger partial charge in [0, 0.05) is 18.7 Å². The molecule has 0 spiro atoms. The first-order valence-electron chi connectivity index (χ1n) is 7.16. The Hall–Kier alpha value is -1.72. The van der Waals surface area contributed by atoms with E-state index < -0.39 is 0 Å². The van der Waals surface area contributed by atoms with Crippen molar-refractivity contribution < 1.29 is 5.11 Å². The van der Waals surface area contributed by atoms with E-state index in [0.29, 0.717) is 6.54 Å². The minimum Gasteiger partial charge on any atom is -0.396 e. The Morgan fingerprint density at radius 1 is 1.20 bits per heavy atom. The Labute approximate surface area is 119 Å². The van der Waals surface area contributed by atoms with Crippen LogP contribution in [0.1, 0.15) is 25.5 Å². The normalized spacial score (nSPS) is 10.9. The van der Waals surface area contributed by atoms with Crippen molar-refractivity contribution in [1.29, 1.82) is 0 Å². The van der Waals surface area contributed by atoms with E-state index in [1.165, 1.54) is 0 Å². The highest BCUT2D eigenvalue weighted by atomic mass is 16.3. The second kappa shape index (κ2) is 7.77. The molecule has 0 aliphatic heterocycles. The average molecular weight is 274 g/mol. The second-order valence-electron chi connectivity index (χ2n) is 4.71. The summed E-state index contributed by atoms with van der Waals surface area (Å²) in [6.45, 7) is 4.61. The lowest BCUT2D eigenvalue weighted by Crippen LogP contribution is -2.16. The summed E-state index contributed by atoms with van der Waals surface area (Å²) in [5.41, 5.74) is 2.99. The van der Waals surface area contributed by atoms with Crippen LogP contribution in [-0.2, 0) is 13.1 Å². The molecule has 2 N–H and O–H groups in total. The molecule has 108 valence electrons. The van der Waals surface area contributed by atoms with Crippen LogP contribution in [0.2, 0.25) is 0 Å². The summed E-state index contributed by atoms with van der Waals surface area (Å²) in [7, 11) is 0. The molecule has 0 aliphatic rings. The van der Waals surface area contributed by atoms with Gasteiger partial charge in [0.2, 0.25) is 0 Å². The molecule has 0 unspecified atom stereocenters. The van der Waals surface area contributed by atoms with Crippen LogP contribution in [0, 0.1) is 0 Å². The van der Waals surface area contributed by atoms with Gasteiger partial charge in [0.25, 0.3) is 0 Å². The number of rotatable bonds is 8. The van der Waals surface area contributed by atoms with Crippen molar-refractivity contribution in [2.75, 3.05) is 13.2 Å². The molecule has 0 aliphatic carbocycles. The first-order valence-corrected chi connectivity index (χ1v) is 7.16. The van der Waals surface area contributed by atoms with Gasteiger partial charge in [0.15, 0.2) is 0 Å². The lowest BCUT2D eigenvalue weighted by Gasteiger charge is -2.02. The van der Waals surface area contributed by atoms with Crippen molar-refractivity contribution in [3.05, 3.63) is 36.0 Å². The zero-order valence-corrected chi connectivity index (χ0v) is 11.9. The maximum atomic E-state index is 8.80. The Kier molecular flexibility index (Phi) is 5.70. The van der Waals surface area contributed by atoms with Crippen LogP contribution < -0.4 is 5.32 Å². The van der Waals surface area contributed by atoms with E-state index in [1.807, 2.05) is 18.2 Å². The van der Waals surface area contributed by atoms with Crippen LogP contribution in [0.3, 0.4) is 0 Å². The van der Waals surface area contributed by atoms with E-state index in [1.54, 1.807) is 4.80 Å². The molecule has 0 amide bonds. The molecule has 1 aromatic heterocycles. The zero-order valence-electron chi connectivity index (χ0n) is 11.9.